The van der Waals surface area contributed by atoms with Crippen molar-refractivity contribution in [3.63, 3.8) is 0 Å². The van der Waals surface area contributed by atoms with Gasteiger partial charge in [0.25, 0.3) is 0 Å². The molecule has 0 saturated carbocycles. The van der Waals surface area contributed by atoms with E-state index in [1.165, 1.54) is 6.34 Å². The highest BCUT2D eigenvalue weighted by Gasteiger charge is 2.33. The molecule has 1 saturated heterocycles. The Morgan fingerprint density at radius 2 is 2.23 bits per heavy atom. The van der Waals surface area contributed by atoms with Gasteiger partial charge in [-0.2, -0.15) is 5.10 Å². The van der Waals surface area contributed by atoms with Crippen molar-refractivity contribution in [3.05, 3.63) is 24.4 Å². The standard InChI is InChI=1S/C18H28N4O4/c1-5-6-14-16(19)20-12-21-22(14)15-8-7-13(26-15)11-25-17(23)24-10-9-18(2,3)4/h5-6,12-13,15H,1,7-11H2,2-4H3,(H2,19,20,21)/b14-6-. The van der Waals surface area contributed by atoms with Gasteiger partial charge in [0, 0.05) is 0 Å². The molecule has 144 valence electrons. The van der Waals surface area contributed by atoms with E-state index >= 15 is 0 Å². The lowest BCUT2D eigenvalue weighted by Crippen LogP contribution is -2.38. The number of ether oxygens (including phenoxy) is 3. The molecule has 0 aromatic carbocycles. The number of hydrazone groups is 1. The van der Waals surface area contributed by atoms with Crippen LogP contribution < -0.4 is 5.73 Å². The fourth-order valence-corrected chi connectivity index (χ4v) is 2.52. The van der Waals surface area contributed by atoms with Crippen LogP contribution in [0.1, 0.15) is 40.0 Å². The summed E-state index contributed by atoms with van der Waals surface area (Å²) in [7, 11) is 0. The van der Waals surface area contributed by atoms with E-state index < -0.39 is 6.16 Å². The van der Waals surface area contributed by atoms with Gasteiger partial charge >= 0.3 is 6.16 Å². The molecular formula is C18H28N4O4. The first-order valence-corrected chi connectivity index (χ1v) is 8.73. The monoisotopic (exact) mass is 364 g/mol. The lowest BCUT2D eigenvalue weighted by molar-refractivity contribution is -0.0617. The Bertz CT molecular complexity index is 607. The second kappa shape index (κ2) is 8.84. The van der Waals surface area contributed by atoms with E-state index in [4.69, 9.17) is 19.9 Å². The minimum absolute atomic E-state index is 0.110. The van der Waals surface area contributed by atoms with E-state index in [-0.39, 0.29) is 24.4 Å². The van der Waals surface area contributed by atoms with E-state index in [1.807, 2.05) is 0 Å². The summed E-state index contributed by atoms with van der Waals surface area (Å²) in [5.74, 6) is 0.352. The summed E-state index contributed by atoms with van der Waals surface area (Å²) in [5, 5.41) is 5.89. The third kappa shape index (κ3) is 5.87. The van der Waals surface area contributed by atoms with Crippen molar-refractivity contribution < 1.29 is 19.0 Å². The van der Waals surface area contributed by atoms with Crippen molar-refractivity contribution in [3.8, 4) is 0 Å². The Kier molecular flexibility index (Phi) is 6.79. The molecule has 2 atom stereocenters. The number of nitrogens with two attached hydrogens (primary N) is 1. The van der Waals surface area contributed by atoms with Crippen molar-refractivity contribution >= 4 is 18.3 Å². The fraction of sp³-hybridized carbons (Fsp3) is 0.611. The van der Waals surface area contributed by atoms with Crippen molar-refractivity contribution in [1.82, 2.24) is 5.01 Å². The fourth-order valence-electron chi connectivity index (χ4n) is 2.52. The van der Waals surface area contributed by atoms with Crippen molar-refractivity contribution in [1.29, 1.82) is 0 Å². The molecule has 26 heavy (non-hydrogen) atoms. The SMILES string of the molecule is C=C/C=C1/C(N)=NC=NN1C1CCC(COC(=O)OCCC(C)(C)C)O1. The topological polar surface area (TPSA) is 98.7 Å². The molecule has 0 aliphatic carbocycles. The summed E-state index contributed by atoms with van der Waals surface area (Å²) in [6.07, 6.45) is 5.81. The molecule has 0 spiro atoms. The minimum atomic E-state index is -0.666. The predicted octanol–water partition coefficient (Wildman–Crippen LogP) is 2.77. The van der Waals surface area contributed by atoms with Crippen LogP contribution in [0.5, 0.6) is 0 Å². The third-order valence-electron chi connectivity index (χ3n) is 3.97. The van der Waals surface area contributed by atoms with Gasteiger partial charge in [0.1, 0.15) is 18.6 Å². The second-order valence-corrected chi connectivity index (χ2v) is 7.39. The van der Waals surface area contributed by atoms with Gasteiger partial charge in [-0.05, 0) is 30.8 Å². The average molecular weight is 364 g/mol. The Balaban J connectivity index is 1.77. The maximum absolute atomic E-state index is 11.7. The van der Waals surface area contributed by atoms with Gasteiger partial charge in [-0.3, -0.25) is 0 Å². The summed E-state index contributed by atoms with van der Waals surface area (Å²) < 4.78 is 16.2. The van der Waals surface area contributed by atoms with Crippen LogP contribution in [0.25, 0.3) is 0 Å². The smallest absolute Gasteiger partial charge is 0.434 e. The van der Waals surface area contributed by atoms with E-state index in [9.17, 15) is 4.79 Å². The summed E-state index contributed by atoms with van der Waals surface area (Å²) >= 11 is 0. The maximum atomic E-state index is 11.7. The number of carbonyl (C=O) groups is 1. The second-order valence-electron chi connectivity index (χ2n) is 7.39. The van der Waals surface area contributed by atoms with Gasteiger partial charge in [0.2, 0.25) is 0 Å². The largest absolute Gasteiger partial charge is 0.508 e. The first-order chi connectivity index (χ1) is 12.3. The third-order valence-corrected chi connectivity index (χ3v) is 3.97. The van der Waals surface area contributed by atoms with E-state index in [0.717, 1.165) is 19.3 Å². The van der Waals surface area contributed by atoms with E-state index in [0.29, 0.717) is 18.1 Å². The lowest BCUT2D eigenvalue weighted by Gasteiger charge is -2.29. The van der Waals surface area contributed by atoms with Crippen LogP contribution in [0, 0.1) is 5.41 Å². The molecule has 0 amide bonds. The first-order valence-electron chi connectivity index (χ1n) is 8.73. The molecule has 2 unspecified atom stereocenters. The molecule has 2 aliphatic heterocycles. The predicted molar refractivity (Wildman–Crippen MR) is 99.5 cm³/mol. The molecule has 0 aromatic rings. The van der Waals surface area contributed by atoms with Crippen LogP contribution in [-0.4, -0.2) is 48.9 Å². The van der Waals surface area contributed by atoms with Gasteiger partial charge < -0.3 is 19.9 Å². The van der Waals surface area contributed by atoms with Crippen LogP contribution in [0.15, 0.2) is 34.5 Å². The normalized spacial score (nSPS) is 24.5. The Morgan fingerprint density at radius 3 is 2.92 bits per heavy atom. The molecule has 2 rings (SSSR count). The van der Waals surface area contributed by atoms with Crippen molar-refractivity contribution in [2.45, 2.75) is 52.4 Å². The maximum Gasteiger partial charge on any atom is 0.508 e. The van der Waals surface area contributed by atoms with E-state index in [2.05, 4.69) is 37.4 Å². The molecule has 2 N–H and O–H groups in total. The number of aliphatic imine (C=N–C) groups is 1. The molecule has 2 aliphatic rings. The summed E-state index contributed by atoms with van der Waals surface area (Å²) in [4.78, 5) is 15.6. The van der Waals surface area contributed by atoms with Crippen LogP contribution >= 0.6 is 0 Å². The number of hydrogen-bond acceptors (Lipinski definition) is 8. The van der Waals surface area contributed by atoms with Gasteiger partial charge in [-0.15, -0.1) is 0 Å². The number of amidine groups is 1. The van der Waals surface area contributed by atoms with E-state index in [1.54, 1.807) is 17.2 Å². The molecule has 0 radical (unpaired) electrons. The quantitative estimate of drug-likeness (QED) is 0.728. The average Bonchev–Trinajstić information content (AvgIpc) is 3.02. The zero-order valence-electron chi connectivity index (χ0n) is 15.7. The van der Waals surface area contributed by atoms with Gasteiger partial charge in [-0.25, -0.2) is 14.8 Å². The minimum Gasteiger partial charge on any atom is -0.434 e. The highest BCUT2D eigenvalue weighted by Crippen LogP contribution is 2.27. The lowest BCUT2D eigenvalue weighted by atomic mass is 9.93. The Labute approximate surface area is 154 Å². The number of nitrogens with zero attached hydrogens (tertiary/aromatic N) is 3. The van der Waals surface area contributed by atoms with Gasteiger partial charge in [0.05, 0.1) is 12.7 Å². The van der Waals surface area contributed by atoms with Crippen molar-refractivity contribution in [2.75, 3.05) is 13.2 Å². The summed E-state index contributed by atoms with van der Waals surface area (Å²) in [6.45, 7) is 10.4. The number of rotatable bonds is 6. The molecule has 8 nitrogen and oxygen atoms in total. The molecule has 0 bridgehead atoms. The van der Waals surface area contributed by atoms with Crippen molar-refractivity contribution in [2.24, 2.45) is 21.2 Å². The van der Waals surface area contributed by atoms with Crippen LogP contribution in [-0.2, 0) is 14.2 Å². The first kappa shape index (κ1) is 20.0. The number of allylic oxidation sites excluding steroid dienone is 2. The number of carbonyl (C=O) groups excluding carboxylic acids is 1. The zero-order valence-corrected chi connectivity index (χ0v) is 15.7. The Hall–Kier alpha value is -2.35. The molecular weight excluding hydrogens is 336 g/mol. The molecule has 8 heteroatoms. The van der Waals surface area contributed by atoms with Gasteiger partial charge in [-0.1, -0.05) is 33.4 Å². The molecule has 0 aromatic heterocycles. The number of hydrogen-bond donors (Lipinski definition) is 1. The highest BCUT2D eigenvalue weighted by atomic mass is 16.7. The summed E-state index contributed by atoms with van der Waals surface area (Å²) in [6, 6.07) is 0. The van der Waals surface area contributed by atoms with Crippen LogP contribution in [0.4, 0.5) is 4.79 Å². The highest BCUT2D eigenvalue weighted by molar-refractivity contribution is 6.01. The summed E-state index contributed by atoms with van der Waals surface area (Å²) in [5.41, 5.74) is 6.64. The molecule has 1 fully saturated rings. The zero-order chi connectivity index (χ0) is 19.2. The van der Waals surface area contributed by atoms with Crippen LogP contribution in [0.2, 0.25) is 0 Å². The van der Waals surface area contributed by atoms with Crippen LogP contribution in [0.3, 0.4) is 0 Å². The Morgan fingerprint density at radius 1 is 1.46 bits per heavy atom. The van der Waals surface area contributed by atoms with Gasteiger partial charge in [0.15, 0.2) is 12.1 Å². The molecule has 2 heterocycles.